The van der Waals surface area contributed by atoms with Crippen LogP contribution in [0.15, 0.2) is 40.1 Å². The first-order valence-corrected chi connectivity index (χ1v) is 8.57. The molecular formula is C17H19N3O4S. The summed E-state index contributed by atoms with van der Waals surface area (Å²) in [5.74, 6) is -0.849. The zero-order valence-corrected chi connectivity index (χ0v) is 15.1. The van der Waals surface area contributed by atoms with Gasteiger partial charge in [-0.2, -0.15) is 0 Å². The SMILES string of the molecule is CCN=c1sc(C(=O)Nc2ccc(C(=O)OC)cc2)cc(=O)n1CC. The number of hydrogen-bond donors (Lipinski definition) is 1. The lowest BCUT2D eigenvalue weighted by atomic mass is 10.2. The molecule has 25 heavy (non-hydrogen) atoms. The lowest BCUT2D eigenvalue weighted by Gasteiger charge is -2.07. The van der Waals surface area contributed by atoms with Crippen LogP contribution in [0.25, 0.3) is 0 Å². The van der Waals surface area contributed by atoms with Crippen molar-refractivity contribution in [1.29, 1.82) is 0 Å². The van der Waals surface area contributed by atoms with Crippen molar-refractivity contribution in [3.8, 4) is 0 Å². The fourth-order valence-electron chi connectivity index (χ4n) is 2.12. The van der Waals surface area contributed by atoms with E-state index >= 15 is 0 Å². The zero-order valence-electron chi connectivity index (χ0n) is 14.2. The van der Waals surface area contributed by atoms with Crippen LogP contribution in [-0.4, -0.2) is 30.1 Å². The Kier molecular flexibility index (Phi) is 6.24. The number of esters is 1. The average molecular weight is 361 g/mol. The topological polar surface area (TPSA) is 89.8 Å². The highest BCUT2D eigenvalue weighted by atomic mass is 32.1. The minimum atomic E-state index is -0.450. The largest absolute Gasteiger partial charge is 0.465 e. The van der Waals surface area contributed by atoms with E-state index in [-0.39, 0.29) is 10.4 Å². The van der Waals surface area contributed by atoms with Gasteiger partial charge in [0.2, 0.25) is 0 Å². The average Bonchev–Trinajstić information content (AvgIpc) is 2.61. The third-order valence-electron chi connectivity index (χ3n) is 3.35. The lowest BCUT2D eigenvalue weighted by molar-refractivity contribution is 0.0600. The van der Waals surface area contributed by atoms with E-state index in [1.165, 1.54) is 17.7 Å². The summed E-state index contributed by atoms with van der Waals surface area (Å²) in [6, 6.07) is 7.61. The Hall–Kier alpha value is -2.74. The zero-order chi connectivity index (χ0) is 18.4. The first kappa shape index (κ1) is 18.6. The normalized spacial score (nSPS) is 11.2. The van der Waals surface area contributed by atoms with Gasteiger partial charge < -0.3 is 10.1 Å². The molecule has 0 fully saturated rings. The van der Waals surface area contributed by atoms with Gasteiger partial charge in [-0.05, 0) is 38.1 Å². The Bertz CT molecular complexity index is 897. The second-order valence-corrected chi connectivity index (χ2v) is 5.98. The quantitative estimate of drug-likeness (QED) is 0.824. The molecule has 2 rings (SSSR count). The van der Waals surface area contributed by atoms with E-state index in [1.807, 2.05) is 13.8 Å². The maximum atomic E-state index is 12.4. The van der Waals surface area contributed by atoms with Gasteiger partial charge in [0, 0.05) is 24.8 Å². The molecular weight excluding hydrogens is 342 g/mol. The number of methoxy groups -OCH3 is 1. The minimum absolute atomic E-state index is 0.264. The summed E-state index contributed by atoms with van der Waals surface area (Å²) in [7, 11) is 1.30. The third kappa shape index (κ3) is 4.42. The van der Waals surface area contributed by atoms with Crippen molar-refractivity contribution in [2.24, 2.45) is 4.99 Å². The molecule has 1 aromatic heterocycles. The molecule has 0 aliphatic rings. The molecule has 8 heteroatoms. The van der Waals surface area contributed by atoms with Gasteiger partial charge in [-0.25, -0.2) is 4.79 Å². The molecule has 0 bridgehead atoms. The van der Waals surface area contributed by atoms with Crippen molar-refractivity contribution < 1.29 is 14.3 Å². The van der Waals surface area contributed by atoms with Crippen LogP contribution in [0.1, 0.15) is 33.9 Å². The first-order chi connectivity index (χ1) is 12.0. The number of ether oxygens (including phenoxy) is 1. The van der Waals surface area contributed by atoms with E-state index in [9.17, 15) is 14.4 Å². The second-order valence-electron chi connectivity index (χ2n) is 4.97. The van der Waals surface area contributed by atoms with Gasteiger partial charge in [0.25, 0.3) is 11.5 Å². The molecule has 1 amide bonds. The number of carbonyl (C=O) groups is 2. The van der Waals surface area contributed by atoms with Gasteiger partial charge in [0.15, 0.2) is 4.80 Å². The van der Waals surface area contributed by atoms with Crippen LogP contribution in [0, 0.1) is 0 Å². The first-order valence-electron chi connectivity index (χ1n) is 7.75. The third-order valence-corrected chi connectivity index (χ3v) is 4.41. The van der Waals surface area contributed by atoms with E-state index < -0.39 is 11.9 Å². The van der Waals surface area contributed by atoms with E-state index in [1.54, 1.807) is 24.3 Å². The van der Waals surface area contributed by atoms with Crippen molar-refractivity contribution in [2.45, 2.75) is 20.4 Å². The van der Waals surface area contributed by atoms with Gasteiger partial charge in [-0.15, -0.1) is 0 Å². The molecule has 0 saturated carbocycles. The van der Waals surface area contributed by atoms with Crippen LogP contribution < -0.4 is 15.7 Å². The summed E-state index contributed by atoms with van der Waals surface area (Å²) in [4.78, 5) is 41.1. The van der Waals surface area contributed by atoms with Crippen LogP contribution in [0.3, 0.4) is 0 Å². The van der Waals surface area contributed by atoms with E-state index in [2.05, 4.69) is 15.0 Å². The van der Waals surface area contributed by atoms with E-state index in [4.69, 9.17) is 0 Å². The highest BCUT2D eigenvalue weighted by Gasteiger charge is 2.12. The maximum absolute atomic E-state index is 12.4. The van der Waals surface area contributed by atoms with Crippen molar-refractivity contribution in [3.63, 3.8) is 0 Å². The number of aromatic nitrogens is 1. The van der Waals surface area contributed by atoms with Gasteiger partial charge in [0.1, 0.15) is 4.88 Å². The molecule has 0 spiro atoms. The molecule has 0 aliphatic heterocycles. The van der Waals surface area contributed by atoms with Gasteiger partial charge in [-0.3, -0.25) is 19.1 Å². The molecule has 2 aromatic rings. The molecule has 0 aliphatic carbocycles. The number of carbonyl (C=O) groups excluding carboxylic acids is 2. The highest BCUT2D eigenvalue weighted by molar-refractivity contribution is 7.11. The van der Waals surface area contributed by atoms with Gasteiger partial charge >= 0.3 is 5.97 Å². The van der Waals surface area contributed by atoms with Crippen molar-refractivity contribution in [2.75, 3.05) is 19.0 Å². The predicted molar refractivity (Wildman–Crippen MR) is 96.1 cm³/mol. The monoisotopic (exact) mass is 361 g/mol. The summed E-state index contributed by atoms with van der Waals surface area (Å²) >= 11 is 1.16. The number of anilines is 1. The number of hydrogen-bond acceptors (Lipinski definition) is 6. The fraction of sp³-hybridized carbons (Fsp3) is 0.294. The molecule has 0 atom stereocenters. The predicted octanol–water partition coefficient (Wildman–Crippen LogP) is 1.89. The lowest BCUT2D eigenvalue weighted by Crippen LogP contribution is -2.32. The highest BCUT2D eigenvalue weighted by Crippen LogP contribution is 2.12. The van der Waals surface area contributed by atoms with Crippen molar-refractivity contribution in [1.82, 2.24) is 4.57 Å². The number of amides is 1. The molecule has 1 heterocycles. The van der Waals surface area contributed by atoms with Crippen LogP contribution in [0.5, 0.6) is 0 Å². The minimum Gasteiger partial charge on any atom is -0.465 e. The number of benzene rings is 1. The molecule has 1 aromatic carbocycles. The standard InChI is InChI=1S/C17H19N3O4S/c1-4-18-17-20(5-2)14(21)10-13(25-17)15(22)19-12-8-6-11(7-9-12)16(23)24-3/h6-10H,4-5H2,1-3H3,(H,19,22). The molecule has 0 saturated heterocycles. The van der Waals surface area contributed by atoms with E-state index in [0.717, 1.165) is 11.3 Å². The summed E-state index contributed by atoms with van der Waals surface area (Å²) < 4.78 is 6.15. The Labute approximate surface area is 148 Å². The fourth-order valence-corrected chi connectivity index (χ4v) is 3.15. The van der Waals surface area contributed by atoms with Crippen LogP contribution >= 0.6 is 11.3 Å². The van der Waals surface area contributed by atoms with Crippen LogP contribution in [0.2, 0.25) is 0 Å². The Morgan fingerprint density at radius 1 is 1.24 bits per heavy atom. The van der Waals surface area contributed by atoms with Crippen molar-refractivity contribution >= 4 is 28.9 Å². The number of nitrogens with zero attached hydrogens (tertiary/aromatic N) is 2. The second kappa shape index (κ2) is 8.39. The van der Waals surface area contributed by atoms with Gasteiger partial charge in [-0.1, -0.05) is 11.3 Å². The van der Waals surface area contributed by atoms with Crippen LogP contribution in [0.4, 0.5) is 5.69 Å². The molecule has 0 unspecified atom stereocenters. The summed E-state index contributed by atoms with van der Waals surface area (Å²) in [6.45, 7) is 4.74. The smallest absolute Gasteiger partial charge is 0.337 e. The molecule has 7 nitrogen and oxygen atoms in total. The molecule has 132 valence electrons. The van der Waals surface area contributed by atoms with Crippen LogP contribution in [-0.2, 0) is 11.3 Å². The Morgan fingerprint density at radius 2 is 1.92 bits per heavy atom. The van der Waals surface area contributed by atoms with Gasteiger partial charge in [0.05, 0.1) is 12.7 Å². The Balaban J connectivity index is 2.28. The maximum Gasteiger partial charge on any atom is 0.337 e. The Morgan fingerprint density at radius 3 is 2.48 bits per heavy atom. The molecule has 0 radical (unpaired) electrons. The number of nitrogens with one attached hydrogen (secondary N) is 1. The summed E-state index contributed by atoms with van der Waals surface area (Å²) in [6.07, 6.45) is 0. The van der Waals surface area contributed by atoms with Crippen molar-refractivity contribution in [3.05, 3.63) is 55.9 Å². The molecule has 1 N–H and O–H groups in total. The summed E-state index contributed by atoms with van der Waals surface area (Å²) in [5.41, 5.74) is 0.635. The van der Waals surface area contributed by atoms with E-state index in [0.29, 0.717) is 29.1 Å². The summed E-state index contributed by atoms with van der Waals surface area (Å²) in [5, 5.41) is 2.71. The number of rotatable bonds is 5.